The van der Waals surface area contributed by atoms with Gasteiger partial charge in [0.1, 0.15) is 12.4 Å². The Morgan fingerprint density at radius 1 is 1.32 bits per heavy atom. The number of hydrogen-bond acceptors (Lipinski definition) is 2. The quantitative estimate of drug-likeness (QED) is 0.812. The van der Waals surface area contributed by atoms with Crippen LogP contribution in [0.2, 0.25) is 0 Å². The third-order valence-electron chi connectivity index (χ3n) is 2.58. The van der Waals surface area contributed by atoms with Crippen molar-refractivity contribution in [3.63, 3.8) is 0 Å². The summed E-state index contributed by atoms with van der Waals surface area (Å²) in [6, 6.07) is 7.52. The van der Waals surface area contributed by atoms with Crippen molar-refractivity contribution in [2.24, 2.45) is 0 Å². The Morgan fingerprint density at radius 3 is 2.47 bits per heavy atom. The topological polar surface area (TPSA) is 46.5 Å². The van der Waals surface area contributed by atoms with E-state index >= 15 is 0 Å². The molecule has 19 heavy (non-hydrogen) atoms. The zero-order valence-electron chi connectivity index (χ0n) is 12.3. The second kappa shape index (κ2) is 9.20. The third-order valence-corrected chi connectivity index (χ3v) is 2.58. The van der Waals surface area contributed by atoms with E-state index in [1.165, 1.54) is 0 Å². The lowest BCUT2D eigenvalue weighted by molar-refractivity contribution is -0.137. The molecule has 1 atom stereocenters. The smallest absolute Gasteiger partial charge is 0.304 e. The van der Waals surface area contributed by atoms with Crippen LogP contribution in [0.4, 0.5) is 0 Å². The Kier molecular flexibility index (Phi) is 8.34. The van der Waals surface area contributed by atoms with Crippen molar-refractivity contribution in [2.45, 2.75) is 40.0 Å². The lowest BCUT2D eigenvalue weighted by Gasteiger charge is -2.26. The molecule has 0 bridgehead atoms. The van der Waals surface area contributed by atoms with Crippen molar-refractivity contribution in [3.05, 3.63) is 42.0 Å². The molecule has 3 nitrogen and oxygen atoms in total. The Bertz CT molecular complexity index is 410. The zero-order chi connectivity index (χ0) is 14.8. The van der Waals surface area contributed by atoms with Gasteiger partial charge in [-0.1, -0.05) is 52.5 Å². The first kappa shape index (κ1) is 17.2. The van der Waals surface area contributed by atoms with Gasteiger partial charge in [0.2, 0.25) is 0 Å². The van der Waals surface area contributed by atoms with Gasteiger partial charge in [0.05, 0.1) is 6.42 Å². The first-order chi connectivity index (χ1) is 9.18. The molecular formula is C16H24O3. The van der Waals surface area contributed by atoms with Crippen molar-refractivity contribution in [1.82, 2.24) is 0 Å². The molecule has 1 aromatic carbocycles. The van der Waals surface area contributed by atoms with Crippen LogP contribution < -0.4 is 4.74 Å². The fourth-order valence-electron chi connectivity index (χ4n) is 1.82. The van der Waals surface area contributed by atoms with Gasteiger partial charge in [0, 0.05) is 11.5 Å². The van der Waals surface area contributed by atoms with E-state index in [-0.39, 0.29) is 12.3 Å². The highest BCUT2D eigenvalue weighted by atomic mass is 16.5. The lowest BCUT2D eigenvalue weighted by Crippen LogP contribution is -2.19. The monoisotopic (exact) mass is 264 g/mol. The van der Waals surface area contributed by atoms with Crippen molar-refractivity contribution < 1.29 is 14.6 Å². The zero-order valence-corrected chi connectivity index (χ0v) is 12.3. The van der Waals surface area contributed by atoms with Crippen LogP contribution in [0.15, 0.2) is 36.4 Å². The van der Waals surface area contributed by atoms with Gasteiger partial charge >= 0.3 is 5.97 Å². The van der Waals surface area contributed by atoms with Crippen LogP contribution in [-0.4, -0.2) is 17.7 Å². The summed E-state index contributed by atoms with van der Waals surface area (Å²) in [4.78, 5) is 10.7. The summed E-state index contributed by atoms with van der Waals surface area (Å²) >= 11 is 0. The van der Waals surface area contributed by atoms with Gasteiger partial charge in [-0.2, -0.15) is 0 Å². The molecule has 3 heteroatoms. The highest BCUT2D eigenvalue weighted by molar-refractivity contribution is 5.69. The van der Waals surface area contributed by atoms with Crippen LogP contribution in [0, 0.1) is 0 Å². The first-order valence-corrected chi connectivity index (χ1v) is 6.79. The van der Waals surface area contributed by atoms with Gasteiger partial charge in [-0.05, 0) is 11.6 Å². The Morgan fingerprint density at radius 2 is 1.89 bits per heavy atom. The molecule has 0 radical (unpaired) electrons. The second-order valence-electron chi connectivity index (χ2n) is 3.64. The summed E-state index contributed by atoms with van der Waals surface area (Å²) in [5, 5.41) is 8.83. The summed E-state index contributed by atoms with van der Waals surface area (Å²) in [7, 11) is 0. The molecule has 0 saturated heterocycles. The number of carboxylic acid groups (broad SMARTS) is 1. The predicted molar refractivity (Wildman–Crippen MR) is 78.8 cm³/mol. The molecule has 0 spiro atoms. The van der Waals surface area contributed by atoms with E-state index < -0.39 is 5.97 Å². The second-order valence-corrected chi connectivity index (χ2v) is 3.64. The van der Waals surface area contributed by atoms with E-state index in [0.717, 1.165) is 16.9 Å². The summed E-state index contributed by atoms with van der Waals surface area (Å²) in [6.07, 6.45) is 0.0825. The lowest BCUT2D eigenvalue weighted by atomic mass is 9.87. The van der Waals surface area contributed by atoms with Crippen LogP contribution >= 0.6 is 0 Å². The minimum absolute atomic E-state index is 0.0825. The molecule has 1 aliphatic heterocycles. The Labute approximate surface area is 115 Å². The number of hydrogen-bond donors (Lipinski definition) is 1. The number of fused-ring (bicyclic) bond motifs is 1. The van der Waals surface area contributed by atoms with Crippen LogP contribution in [0.25, 0.3) is 0 Å². The van der Waals surface area contributed by atoms with Gasteiger partial charge in [-0.3, -0.25) is 4.79 Å². The fraction of sp³-hybridized carbons (Fsp3) is 0.438. The SMILES string of the molecule is C=C1COc2ccccc2C1CC(=O)O.CC.CC. The van der Waals surface area contributed by atoms with Crippen molar-refractivity contribution >= 4 is 5.97 Å². The summed E-state index contributed by atoms with van der Waals surface area (Å²) in [5.74, 6) is -0.151. The van der Waals surface area contributed by atoms with Gasteiger partial charge in [-0.25, -0.2) is 0 Å². The van der Waals surface area contributed by atoms with Crippen LogP contribution in [0.1, 0.15) is 45.6 Å². The summed E-state index contributed by atoms with van der Waals surface area (Å²) in [5.41, 5.74) is 1.76. The highest BCUT2D eigenvalue weighted by Gasteiger charge is 2.26. The molecule has 1 heterocycles. The maximum absolute atomic E-state index is 10.7. The van der Waals surface area contributed by atoms with Crippen LogP contribution in [0.3, 0.4) is 0 Å². The maximum atomic E-state index is 10.7. The molecule has 0 saturated carbocycles. The van der Waals surface area contributed by atoms with E-state index in [2.05, 4.69) is 6.58 Å². The summed E-state index contributed by atoms with van der Waals surface area (Å²) in [6.45, 7) is 12.3. The van der Waals surface area contributed by atoms with E-state index in [4.69, 9.17) is 9.84 Å². The molecule has 1 N–H and O–H groups in total. The molecule has 0 aromatic heterocycles. The van der Waals surface area contributed by atoms with E-state index in [1.54, 1.807) is 0 Å². The molecular weight excluding hydrogens is 240 g/mol. The third kappa shape index (κ3) is 4.78. The number of aliphatic carboxylic acids is 1. The van der Waals surface area contributed by atoms with Crippen molar-refractivity contribution in [2.75, 3.05) is 6.61 Å². The molecule has 1 aliphatic rings. The molecule has 0 amide bonds. The van der Waals surface area contributed by atoms with Crippen LogP contribution in [0.5, 0.6) is 5.75 Å². The highest BCUT2D eigenvalue weighted by Crippen LogP contribution is 2.37. The number of ether oxygens (including phenoxy) is 1. The fourth-order valence-corrected chi connectivity index (χ4v) is 1.82. The first-order valence-electron chi connectivity index (χ1n) is 6.79. The van der Waals surface area contributed by atoms with Crippen LogP contribution in [-0.2, 0) is 4.79 Å². The van der Waals surface area contributed by atoms with E-state index in [1.807, 2.05) is 52.0 Å². The van der Waals surface area contributed by atoms with Crippen molar-refractivity contribution in [1.29, 1.82) is 0 Å². The molecule has 0 aliphatic carbocycles. The molecule has 1 unspecified atom stereocenters. The van der Waals surface area contributed by atoms with Gasteiger partial charge < -0.3 is 9.84 Å². The average molecular weight is 264 g/mol. The number of para-hydroxylation sites is 1. The molecule has 0 fully saturated rings. The Hall–Kier alpha value is -1.77. The minimum Gasteiger partial charge on any atom is -0.489 e. The standard InChI is InChI=1S/C12H12O3.2C2H6/c1-8-7-15-11-5-3-2-4-9(11)10(8)6-12(13)14;2*1-2/h2-5,10H,1,6-7H2,(H,13,14);2*1-2H3. The molecule has 1 aromatic rings. The molecule has 106 valence electrons. The Balaban J connectivity index is 0.000000741. The summed E-state index contributed by atoms with van der Waals surface area (Å²) < 4.78 is 5.46. The normalized spacial score (nSPS) is 15.8. The van der Waals surface area contributed by atoms with E-state index in [9.17, 15) is 4.79 Å². The van der Waals surface area contributed by atoms with Gasteiger partial charge in [-0.15, -0.1) is 0 Å². The number of carboxylic acids is 1. The minimum atomic E-state index is -0.808. The number of rotatable bonds is 2. The molecule has 2 rings (SSSR count). The maximum Gasteiger partial charge on any atom is 0.304 e. The predicted octanol–water partition coefficient (Wildman–Crippen LogP) is 4.25. The van der Waals surface area contributed by atoms with Gasteiger partial charge in [0.15, 0.2) is 0 Å². The number of carbonyl (C=O) groups is 1. The van der Waals surface area contributed by atoms with Crippen molar-refractivity contribution in [3.8, 4) is 5.75 Å². The largest absolute Gasteiger partial charge is 0.489 e. The average Bonchev–Trinajstić information content (AvgIpc) is 2.46. The van der Waals surface area contributed by atoms with Gasteiger partial charge in [0.25, 0.3) is 0 Å². The van der Waals surface area contributed by atoms with E-state index in [0.29, 0.717) is 6.61 Å². The number of benzene rings is 1.